The molecule has 0 radical (unpaired) electrons. The summed E-state index contributed by atoms with van der Waals surface area (Å²) in [4.78, 5) is 2.56. The Labute approximate surface area is 116 Å². The lowest BCUT2D eigenvalue weighted by atomic mass is 10.1. The van der Waals surface area contributed by atoms with Crippen molar-refractivity contribution in [1.29, 1.82) is 0 Å². The van der Waals surface area contributed by atoms with Gasteiger partial charge < -0.3 is 10.1 Å². The van der Waals surface area contributed by atoms with Crippen LogP contribution in [-0.4, -0.2) is 43.2 Å². The molecular weight excluding hydrogens is 236 g/mol. The normalized spacial score (nSPS) is 24.4. The molecule has 2 atom stereocenters. The molecule has 1 aliphatic rings. The van der Waals surface area contributed by atoms with E-state index in [-0.39, 0.29) is 0 Å². The van der Waals surface area contributed by atoms with E-state index < -0.39 is 0 Å². The van der Waals surface area contributed by atoms with E-state index in [0.29, 0.717) is 12.1 Å². The molecule has 1 aliphatic heterocycles. The molecule has 1 saturated heterocycles. The zero-order valence-corrected chi connectivity index (χ0v) is 12.4. The maximum Gasteiger partial charge on any atom is 0.119 e. The van der Waals surface area contributed by atoms with Crippen LogP contribution in [0.5, 0.6) is 5.75 Å². The van der Waals surface area contributed by atoms with Crippen molar-refractivity contribution in [3.8, 4) is 5.75 Å². The van der Waals surface area contributed by atoms with Crippen molar-refractivity contribution in [1.82, 2.24) is 10.2 Å². The number of benzene rings is 1. The average molecular weight is 262 g/mol. The lowest BCUT2D eigenvalue weighted by Gasteiger charge is -2.37. The highest BCUT2D eigenvalue weighted by atomic mass is 16.5. The predicted octanol–water partition coefficient (Wildman–Crippen LogP) is 2.45. The summed E-state index contributed by atoms with van der Waals surface area (Å²) in [6.45, 7) is 10.8. The largest absolute Gasteiger partial charge is 0.494 e. The summed E-state index contributed by atoms with van der Waals surface area (Å²) in [7, 11) is 0. The third kappa shape index (κ3) is 4.51. The van der Waals surface area contributed by atoms with Crippen LogP contribution in [0.15, 0.2) is 24.3 Å². The molecule has 19 heavy (non-hydrogen) atoms. The number of nitrogens with one attached hydrogen (secondary N) is 1. The van der Waals surface area contributed by atoms with Crippen molar-refractivity contribution in [3.63, 3.8) is 0 Å². The summed E-state index contributed by atoms with van der Waals surface area (Å²) in [5.41, 5.74) is 1.25. The highest BCUT2D eigenvalue weighted by molar-refractivity contribution is 5.27. The van der Waals surface area contributed by atoms with Crippen LogP contribution in [0.4, 0.5) is 0 Å². The molecule has 106 valence electrons. The predicted molar refractivity (Wildman–Crippen MR) is 79.8 cm³/mol. The van der Waals surface area contributed by atoms with Gasteiger partial charge in [0.1, 0.15) is 5.75 Å². The molecule has 1 N–H and O–H groups in total. The molecule has 3 heteroatoms. The number of nitrogens with zero attached hydrogens (tertiary/aromatic N) is 1. The molecule has 1 fully saturated rings. The molecule has 2 unspecified atom stereocenters. The van der Waals surface area contributed by atoms with E-state index >= 15 is 0 Å². The molecule has 0 amide bonds. The quantitative estimate of drug-likeness (QED) is 0.825. The minimum absolute atomic E-state index is 0.605. The van der Waals surface area contributed by atoms with Crippen LogP contribution < -0.4 is 10.1 Å². The van der Waals surface area contributed by atoms with Gasteiger partial charge in [-0.1, -0.05) is 12.1 Å². The average Bonchev–Trinajstić information content (AvgIpc) is 2.39. The molecule has 2 rings (SSSR count). The molecule has 3 nitrogen and oxygen atoms in total. The Kier molecular flexibility index (Phi) is 5.23. The molecule has 0 bridgehead atoms. The minimum atomic E-state index is 0.605. The van der Waals surface area contributed by atoms with Gasteiger partial charge in [-0.2, -0.15) is 0 Å². The van der Waals surface area contributed by atoms with Gasteiger partial charge in [-0.15, -0.1) is 0 Å². The third-order valence-corrected chi connectivity index (χ3v) is 3.74. The zero-order valence-electron chi connectivity index (χ0n) is 12.4. The summed E-state index contributed by atoms with van der Waals surface area (Å²) in [6, 6.07) is 9.50. The number of ether oxygens (including phenoxy) is 1. The molecule has 0 aliphatic carbocycles. The number of hydrogen-bond acceptors (Lipinski definition) is 3. The van der Waals surface area contributed by atoms with Gasteiger partial charge in [0.25, 0.3) is 0 Å². The van der Waals surface area contributed by atoms with E-state index in [0.717, 1.165) is 38.4 Å². The molecule has 1 aromatic carbocycles. The van der Waals surface area contributed by atoms with Gasteiger partial charge in [-0.3, -0.25) is 4.90 Å². The first-order valence-electron chi connectivity index (χ1n) is 7.32. The molecule has 1 aromatic rings. The van der Waals surface area contributed by atoms with E-state index in [9.17, 15) is 0 Å². The Morgan fingerprint density at radius 1 is 1.37 bits per heavy atom. The highest BCUT2D eigenvalue weighted by Gasteiger charge is 2.21. The fourth-order valence-corrected chi connectivity index (χ4v) is 2.57. The molecule has 0 aromatic heterocycles. The van der Waals surface area contributed by atoms with Crippen molar-refractivity contribution in [2.45, 2.75) is 39.3 Å². The lowest BCUT2D eigenvalue weighted by Crippen LogP contribution is -2.54. The van der Waals surface area contributed by atoms with Gasteiger partial charge in [0.2, 0.25) is 0 Å². The number of rotatable bonds is 5. The monoisotopic (exact) mass is 262 g/mol. The fraction of sp³-hybridized carbons (Fsp3) is 0.625. The number of hydrogen-bond donors (Lipinski definition) is 1. The van der Waals surface area contributed by atoms with Crippen LogP contribution in [0.25, 0.3) is 0 Å². The highest BCUT2D eigenvalue weighted by Crippen LogP contribution is 2.13. The van der Waals surface area contributed by atoms with E-state index in [1.54, 1.807) is 0 Å². The Balaban J connectivity index is 1.69. The Bertz CT molecular complexity index is 394. The maximum atomic E-state index is 5.80. The molecule has 0 saturated carbocycles. The van der Waals surface area contributed by atoms with Crippen LogP contribution in [0.1, 0.15) is 25.8 Å². The van der Waals surface area contributed by atoms with Crippen LogP contribution in [0.3, 0.4) is 0 Å². The second-order valence-electron chi connectivity index (χ2n) is 5.67. The number of aryl methyl sites for hydroxylation is 1. The summed E-state index contributed by atoms with van der Waals surface area (Å²) >= 11 is 0. The van der Waals surface area contributed by atoms with Crippen LogP contribution in [0.2, 0.25) is 0 Å². The van der Waals surface area contributed by atoms with Gasteiger partial charge in [-0.25, -0.2) is 0 Å². The fourth-order valence-electron chi connectivity index (χ4n) is 2.57. The third-order valence-electron chi connectivity index (χ3n) is 3.74. The maximum absolute atomic E-state index is 5.80. The van der Waals surface area contributed by atoms with E-state index in [1.165, 1.54) is 5.56 Å². The Hall–Kier alpha value is -1.06. The van der Waals surface area contributed by atoms with Gasteiger partial charge in [-0.05, 0) is 44.9 Å². The van der Waals surface area contributed by atoms with E-state index in [4.69, 9.17) is 4.74 Å². The van der Waals surface area contributed by atoms with Gasteiger partial charge in [0.05, 0.1) is 6.61 Å². The van der Waals surface area contributed by atoms with Gasteiger partial charge in [0.15, 0.2) is 0 Å². The van der Waals surface area contributed by atoms with Crippen molar-refractivity contribution < 1.29 is 4.74 Å². The van der Waals surface area contributed by atoms with Crippen LogP contribution in [0, 0.1) is 6.92 Å². The summed E-state index contributed by atoms with van der Waals surface area (Å²) < 4.78 is 5.80. The number of piperazine rings is 1. The Morgan fingerprint density at radius 3 is 3.00 bits per heavy atom. The summed E-state index contributed by atoms with van der Waals surface area (Å²) in [5.74, 6) is 0.988. The van der Waals surface area contributed by atoms with Crippen LogP contribution >= 0.6 is 0 Å². The SMILES string of the molecule is Cc1cccc(OCCCN2CC(C)NCC2C)c1. The first kappa shape index (κ1) is 14.4. The lowest BCUT2D eigenvalue weighted by molar-refractivity contribution is 0.136. The Morgan fingerprint density at radius 2 is 2.21 bits per heavy atom. The minimum Gasteiger partial charge on any atom is -0.494 e. The first-order chi connectivity index (χ1) is 9.15. The summed E-state index contributed by atoms with van der Waals surface area (Å²) in [5, 5.41) is 3.51. The van der Waals surface area contributed by atoms with Crippen molar-refractivity contribution in [2.24, 2.45) is 0 Å². The van der Waals surface area contributed by atoms with Gasteiger partial charge >= 0.3 is 0 Å². The summed E-state index contributed by atoms with van der Waals surface area (Å²) in [6.07, 6.45) is 1.09. The van der Waals surface area contributed by atoms with E-state index in [1.807, 2.05) is 12.1 Å². The van der Waals surface area contributed by atoms with Crippen molar-refractivity contribution in [3.05, 3.63) is 29.8 Å². The standard InChI is InChI=1S/C16H26N2O/c1-13-6-4-7-16(10-13)19-9-5-8-18-12-14(2)17-11-15(18)3/h4,6-7,10,14-15,17H,5,8-9,11-12H2,1-3H3. The second-order valence-corrected chi connectivity index (χ2v) is 5.67. The molecule has 0 spiro atoms. The second kappa shape index (κ2) is 6.92. The topological polar surface area (TPSA) is 24.5 Å². The van der Waals surface area contributed by atoms with Gasteiger partial charge in [0, 0.05) is 31.7 Å². The van der Waals surface area contributed by atoms with Crippen molar-refractivity contribution >= 4 is 0 Å². The smallest absolute Gasteiger partial charge is 0.119 e. The molecular formula is C16H26N2O. The van der Waals surface area contributed by atoms with E-state index in [2.05, 4.69) is 43.1 Å². The molecule has 1 heterocycles. The van der Waals surface area contributed by atoms with Crippen LogP contribution in [-0.2, 0) is 0 Å². The zero-order chi connectivity index (χ0) is 13.7. The first-order valence-corrected chi connectivity index (χ1v) is 7.32. The van der Waals surface area contributed by atoms with Crippen molar-refractivity contribution in [2.75, 3.05) is 26.2 Å².